The van der Waals surface area contributed by atoms with Crippen LogP contribution in [0.2, 0.25) is 0 Å². The first-order valence-corrected chi connectivity index (χ1v) is 8.76. The highest BCUT2D eigenvalue weighted by Crippen LogP contribution is 2.20. The van der Waals surface area contributed by atoms with E-state index in [1.54, 1.807) is 38.3 Å². The lowest BCUT2D eigenvalue weighted by Gasteiger charge is -2.14. The van der Waals surface area contributed by atoms with Gasteiger partial charge in [0.2, 0.25) is 5.91 Å². The average molecular weight is 366 g/mol. The molecule has 3 rings (SSSR count). The van der Waals surface area contributed by atoms with Gasteiger partial charge in [0, 0.05) is 6.54 Å². The van der Waals surface area contributed by atoms with Crippen molar-refractivity contribution in [2.24, 2.45) is 0 Å². The first-order chi connectivity index (χ1) is 13.0. The SMILES string of the molecule is COc1cc(C)ccc1CCNC(=O)[C@@H](C)n1nnc2ccccc2c1=O. The van der Waals surface area contributed by atoms with Crippen LogP contribution in [-0.4, -0.2) is 34.6 Å². The standard InChI is InChI=1S/C20H22N4O3/c1-13-8-9-15(18(12-13)27-3)10-11-21-19(25)14(2)24-20(26)16-6-4-5-7-17(16)22-23-24/h4-9,12,14H,10-11H2,1-3H3,(H,21,25)/t14-/m1/s1. The Kier molecular flexibility index (Phi) is 5.49. The normalized spacial score (nSPS) is 12.0. The van der Waals surface area contributed by atoms with Crippen LogP contribution in [-0.2, 0) is 11.2 Å². The van der Waals surface area contributed by atoms with E-state index in [1.165, 1.54) is 0 Å². The van der Waals surface area contributed by atoms with Crippen molar-refractivity contribution in [1.29, 1.82) is 0 Å². The molecule has 1 amide bonds. The molecule has 0 bridgehead atoms. The molecule has 140 valence electrons. The minimum atomic E-state index is -0.755. The highest BCUT2D eigenvalue weighted by atomic mass is 16.5. The molecule has 27 heavy (non-hydrogen) atoms. The van der Waals surface area contributed by atoms with Crippen molar-refractivity contribution in [3.8, 4) is 5.75 Å². The summed E-state index contributed by atoms with van der Waals surface area (Å²) < 4.78 is 6.50. The molecule has 0 aliphatic rings. The molecular weight excluding hydrogens is 344 g/mol. The first-order valence-electron chi connectivity index (χ1n) is 8.76. The van der Waals surface area contributed by atoms with E-state index in [2.05, 4.69) is 15.6 Å². The molecule has 0 saturated heterocycles. The van der Waals surface area contributed by atoms with E-state index in [0.717, 1.165) is 21.6 Å². The van der Waals surface area contributed by atoms with Crippen LogP contribution in [0.5, 0.6) is 5.75 Å². The lowest BCUT2D eigenvalue weighted by atomic mass is 10.1. The van der Waals surface area contributed by atoms with Gasteiger partial charge in [-0.25, -0.2) is 0 Å². The summed E-state index contributed by atoms with van der Waals surface area (Å²) in [7, 11) is 1.63. The zero-order chi connectivity index (χ0) is 19.4. The first kappa shape index (κ1) is 18.6. The van der Waals surface area contributed by atoms with Gasteiger partial charge in [-0.3, -0.25) is 9.59 Å². The van der Waals surface area contributed by atoms with E-state index in [4.69, 9.17) is 4.74 Å². The topological polar surface area (TPSA) is 86.1 Å². The Morgan fingerprint density at radius 2 is 2.04 bits per heavy atom. The lowest BCUT2D eigenvalue weighted by Crippen LogP contribution is -2.38. The third kappa shape index (κ3) is 3.97. The van der Waals surface area contributed by atoms with Crippen molar-refractivity contribution in [2.75, 3.05) is 13.7 Å². The molecule has 2 aromatic carbocycles. The van der Waals surface area contributed by atoms with Crippen LogP contribution in [0, 0.1) is 6.92 Å². The second-order valence-corrected chi connectivity index (χ2v) is 6.39. The largest absolute Gasteiger partial charge is 0.496 e. The van der Waals surface area contributed by atoms with Gasteiger partial charge in [-0.15, -0.1) is 5.10 Å². The molecule has 0 aliphatic carbocycles. The number of fused-ring (bicyclic) bond motifs is 1. The maximum atomic E-state index is 12.5. The predicted molar refractivity (Wildman–Crippen MR) is 103 cm³/mol. The van der Waals surface area contributed by atoms with Crippen molar-refractivity contribution >= 4 is 16.8 Å². The third-order valence-corrected chi connectivity index (χ3v) is 4.47. The second-order valence-electron chi connectivity index (χ2n) is 6.39. The fourth-order valence-electron chi connectivity index (χ4n) is 2.89. The van der Waals surface area contributed by atoms with Gasteiger partial charge in [0.25, 0.3) is 5.56 Å². The molecule has 1 heterocycles. The Bertz CT molecular complexity index is 1030. The van der Waals surface area contributed by atoms with Crippen LogP contribution in [0.1, 0.15) is 24.1 Å². The highest BCUT2D eigenvalue weighted by Gasteiger charge is 2.18. The molecule has 7 heteroatoms. The van der Waals surface area contributed by atoms with Crippen molar-refractivity contribution in [1.82, 2.24) is 20.3 Å². The van der Waals surface area contributed by atoms with Crippen molar-refractivity contribution in [3.63, 3.8) is 0 Å². The Morgan fingerprint density at radius 3 is 2.81 bits per heavy atom. The number of benzene rings is 2. The van der Waals surface area contributed by atoms with E-state index < -0.39 is 6.04 Å². The fraction of sp³-hybridized carbons (Fsp3) is 0.300. The van der Waals surface area contributed by atoms with Crippen LogP contribution in [0.25, 0.3) is 10.9 Å². The number of ether oxygens (including phenoxy) is 1. The summed E-state index contributed by atoms with van der Waals surface area (Å²) in [6, 6.07) is 12.1. The second kappa shape index (κ2) is 7.99. The molecule has 1 N–H and O–H groups in total. The molecule has 0 saturated carbocycles. The van der Waals surface area contributed by atoms with Gasteiger partial charge >= 0.3 is 0 Å². The summed E-state index contributed by atoms with van der Waals surface area (Å²) in [5, 5.41) is 11.2. The number of hydrogen-bond acceptors (Lipinski definition) is 5. The maximum absolute atomic E-state index is 12.5. The average Bonchev–Trinajstić information content (AvgIpc) is 2.69. The van der Waals surface area contributed by atoms with E-state index >= 15 is 0 Å². The monoisotopic (exact) mass is 366 g/mol. The lowest BCUT2D eigenvalue weighted by molar-refractivity contribution is -0.124. The Labute approximate surface area is 157 Å². The summed E-state index contributed by atoms with van der Waals surface area (Å²) in [6.45, 7) is 4.06. The number of nitrogens with one attached hydrogen (secondary N) is 1. The van der Waals surface area contributed by atoms with Crippen molar-refractivity contribution < 1.29 is 9.53 Å². The molecule has 7 nitrogen and oxygen atoms in total. The molecule has 0 spiro atoms. The number of rotatable bonds is 6. The predicted octanol–water partition coefficient (Wildman–Crippen LogP) is 2.03. The van der Waals surface area contributed by atoms with Gasteiger partial charge in [-0.1, -0.05) is 29.5 Å². The van der Waals surface area contributed by atoms with Gasteiger partial charge in [0.05, 0.1) is 12.5 Å². The van der Waals surface area contributed by atoms with Gasteiger partial charge < -0.3 is 10.1 Å². The third-order valence-electron chi connectivity index (χ3n) is 4.47. The van der Waals surface area contributed by atoms with Crippen LogP contribution in [0.4, 0.5) is 0 Å². The molecule has 0 radical (unpaired) electrons. The van der Waals surface area contributed by atoms with E-state index in [9.17, 15) is 9.59 Å². The van der Waals surface area contributed by atoms with Crippen LogP contribution < -0.4 is 15.6 Å². The number of aromatic nitrogens is 3. The van der Waals surface area contributed by atoms with Crippen LogP contribution in [0.3, 0.4) is 0 Å². The summed E-state index contributed by atoms with van der Waals surface area (Å²) in [5.41, 5.74) is 2.31. The molecule has 0 fully saturated rings. The minimum Gasteiger partial charge on any atom is -0.496 e. The van der Waals surface area contributed by atoms with Gasteiger partial charge in [0.1, 0.15) is 17.3 Å². The quantitative estimate of drug-likeness (QED) is 0.721. The molecule has 0 aliphatic heterocycles. The Hall–Kier alpha value is -3.22. The zero-order valence-corrected chi connectivity index (χ0v) is 15.6. The Balaban J connectivity index is 1.68. The van der Waals surface area contributed by atoms with Crippen molar-refractivity contribution in [2.45, 2.75) is 26.3 Å². The number of carbonyl (C=O) groups excluding carboxylic acids is 1. The fourth-order valence-corrected chi connectivity index (χ4v) is 2.89. The zero-order valence-electron chi connectivity index (χ0n) is 15.6. The number of nitrogens with zero attached hydrogens (tertiary/aromatic N) is 3. The smallest absolute Gasteiger partial charge is 0.278 e. The van der Waals surface area contributed by atoms with E-state index in [0.29, 0.717) is 23.9 Å². The Morgan fingerprint density at radius 1 is 1.26 bits per heavy atom. The maximum Gasteiger partial charge on any atom is 0.278 e. The summed E-state index contributed by atoms with van der Waals surface area (Å²) in [6.07, 6.45) is 0.625. The number of amides is 1. The minimum absolute atomic E-state index is 0.284. The summed E-state index contributed by atoms with van der Waals surface area (Å²) in [4.78, 5) is 25.0. The number of methoxy groups -OCH3 is 1. The van der Waals surface area contributed by atoms with Gasteiger partial charge in [0.15, 0.2) is 0 Å². The van der Waals surface area contributed by atoms with Crippen LogP contribution >= 0.6 is 0 Å². The van der Waals surface area contributed by atoms with Gasteiger partial charge in [-0.05, 0) is 49.6 Å². The summed E-state index contributed by atoms with van der Waals surface area (Å²) in [5.74, 6) is 0.515. The highest BCUT2D eigenvalue weighted by molar-refractivity contribution is 5.81. The number of aryl methyl sites for hydroxylation is 1. The van der Waals surface area contributed by atoms with E-state index in [1.807, 2.05) is 25.1 Å². The van der Waals surface area contributed by atoms with Crippen LogP contribution in [0.15, 0.2) is 47.3 Å². The summed E-state index contributed by atoms with van der Waals surface area (Å²) >= 11 is 0. The molecule has 3 aromatic rings. The molecule has 0 unspecified atom stereocenters. The molecule has 1 atom stereocenters. The van der Waals surface area contributed by atoms with Gasteiger partial charge in [-0.2, -0.15) is 4.68 Å². The number of hydrogen-bond donors (Lipinski definition) is 1. The van der Waals surface area contributed by atoms with E-state index in [-0.39, 0.29) is 11.5 Å². The molecule has 1 aromatic heterocycles. The molecular formula is C20H22N4O3. The van der Waals surface area contributed by atoms with Crippen molar-refractivity contribution in [3.05, 3.63) is 63.9 Å². The number of carbonyl (C=O) groups is 1.